The molecule has 1 amide bonds. The van der Waals surface area contributed by atoms with Gasteiger partial charge in [-0.05, 0) is 82.6 Å². The quantitative estimate of drug-likeness (QED) is 0.389. The standard InChI is InChI=1S/C30H36F3N7O4S/c1-28(2)16-20-6-3-4-14-34-23-7-5-8-25(36-23)45(42,43)38-27(41)22-9-10-24(37-26(22)39(28)18-20)40-19-21(17-35-40)44-15-13-29(11-12-29)30(31,32)33/h5,7-10,17,19-20H,3-4,6,11-16,18H2,1-2H3,(H,34,36)(H,38,41)/t20-/m1/s1. The fraction of sp³-hybridized carbons (Fsp3) is 0.533. The highest BCUT2D eigenvalue weighted by molar-refractivity contribution is 7.90. The van der Waals surface area contributed by atoms with Crippen molar-refractivity contribution in [2.75, 3.05) is 29.9 Å². The molecule has 1 aliphatic carbocycles. The highest BCUT2D eigenvalue weighted by Crippen LogP contribution is 2.59. The maximum absolute atomic E-state index is 13.6. The monoisotopic (exact) mass is 647 g/mol. The van der Waals surface area contributed by atoms with E-state index in [1.54, 1.807) is 12.1 Å². The number of halogens is 3. The van der Waals surface area contributed by atoms with Crippen molar-refractivity contribution in [2.24, 2.45) is 11.3 Å². The highest BCUT2D eigenvalue weighted by Gasteiger charge is 2.62. The summed E-state index contributed by atoms with van der Waals surface area (Å²) in [5.74, 6) is 0.822. The van der Waals surface area contributed by atoms with Crippen LogP contribution in [0.1, 0.15) is 69.2 Å². The van der Waals surface area contributed by atoms with Crippen molar-refractivity contribution >= 4 is 27.6 Å². The van der Waals surface area contributed by atoms with E-state index in [2.05, 4.69) is 34.0 Å². The summed E-state index contributed by atoms with van der Waals surface area (Å²) in [6, 6.07) is 7.61. The molecule has 2 N–H and O–H groups in total. The molecule has 1 atom stereocenters. The smallest absolute Gasteiger partial charge is 0.394 e. The first-order chi connectivity index (χ1) is 21.3. The Hall–Kier alpha value is -3.88. The van der Waals surface area contributed by atoms with E-state index in [4.69, 9.17) is 9.72 Å². The average Bonchev–Trinajstić information content (AvgIpc) is 3.53. The summed E-state index contributed by atoms with van der Waals surface area (Å²) in [7, 11) is -4.31. The molecule has 1 saturated heterocycles. The number of carbonyl (C=O) groups is 1. The minimum Gasteiger partial charge on any atom is -0.490 e. The maximum Gasteiger partial charge on any atom is 0.394 e. The van der Waals surface area contributed by atoms with Gasteiger partial charge in [0.05, 0.1) is 30.0 Å². The van der Waals surface area contributed by atoms with Gasteiger partial charge in [-0.15, -0.1) is 0 Å². The molecule has 3 aromatic rings. The first kappa shape index (κ1) is 31.1. The number of amides is 1. The molecule has 242 valence electrons. The van der Waals surface area contributed by atoms with E-state index in [0.29, 0.717) is 36.5 Å². The van der Waals surface area contributed by atoms with Gasteiger partial charge < -0.3 is 15.0 Å². The Morgan fingerprint density at radius 2 is 1.91 bits per heavy atom. The minimum atomic E-state index is -4.31. The summed E-state index contributed by atoms with van der Waals surface area (Å²) in [4.78, 5) is 24.6. The van der Waals surface area contributed by atoms with E-state index >= 15 is 0 Å². The molecule has 3 aliphatic rings. The second-order valence-electron chi connectivity index (χ2n) is 12.7. The first-order valence-electron chi connectivity index (χ1n) is 15.1. The Morgan fingerprint density at radius 1 is 1.11 bits per heavy atom. The number of pyridine rings is 2. The zero-order valence-corrected chi connectivity index (χ0v) is 25.9. The lowest BCUT2D eigenvalue weighted by molar-refractivity contribution is -0.190. The molecule has 3 aromatic heterocycles. The molecule has 11 nitrogen and oxygen atoms in total. The van der Waals surface area contributed by atoms with Gasteiger partial charge in [-0.2, -0.15) is 26.7 Å². The maximum atomic E-state index is 13.6. The van der Waals surface area contributed by atoms with Crippen molar-refractivity contribution < 1.29 is 31.1 Å². The topological polar surface area (TPSA) is 131 Å². The third-order valence-electron chi connectivity index (χ3n) is 8.99. The van der Waals surface area contributed by atoms with Crippen LogP contribution < -0.4 is 19.7 Å². The van der Waals surface area contributed by atoms with E-state index in [0.717, 1.165) is 25.7 Å². The minimum absolute atomic E-state index is 0.0722. The van der Waals surface area contributed by atoms with Crippen molar-refractivity contribution in [1.29, 1.82) is 0 Å². The number of sulfonamides is 1. The zero-order valence-electron chi connectivity index (χ0n) is 25.1. The Kier molecular flexibility index (Phi) is 7.94. The number of hydrogen-bond acceptors (Lipinski definition) is 9. The molecule has 0 aromatic carbocycles. The molecule has 45 heavy (non-hydrogen) atoms. The number of aromatic nitrogens is 4. The zero-order chi connectivity index (χ0) is 32.0. The largest absolute Gasteiger partial charge is 0.490 e. The molecule has 6 rings (SSSR count). The van der Waals surface area contributed by atoms with Crippen molar-refractivity contribution in [2.45, 2.75) is 75.5 Å². The number of carbonyl (C=O) groups excluding carboxylic acids is 1. The second kappa shape index (κ2) is 11.5. The Labute approximate surface area is 259 Å². The van der Waals surface area contributed by atoms with Crippen molar-refractivity contribution in [1.82, 2.24) is 24.5 Å². The number of rotatable bonds is 5. The molecule has 1 saturated carbocycles. The molecule has 4 bridgehead atoms. The molecule has 5 heterocycles. The molecule has 15 heteroatoms. The molecule has 0 spiro atoms. The van der Waals surface area contributed by atoms with Crippen LogP contribution in [-0.4, -0.2) is 65.5 Å². The summed E-state index contributed by atoms with van der Waals surface area (Å²) in [5, 5.41) is 7.18. The van der Waals surface area contributed by atoms with Gasteiger partial charge in [0.15, 0.2) is 16.6 Å². The van der Waals surface area contributed by atoms with Gasteiger partial charge in [0.2, 0.25) is 0 Å². The Bertz CT molecular complexity index is 1690. The number of nitrogens with one attached hydrogen (secondary N) is 2. The Balaban J connectivity index is 1.30. The predicted octanol–water partition coefficient (Wildman–Crippen LogP) is 5.09. The first-order valence-corrected chi connectivity index (χ1v) is 16.6. The lowest BCUT2D eigenvalue weighted by Gasteiger charge is -2.34. The number of hydrogen-bond donors (Lipinski definition) is 2. The summed E-state index contributed by atoms with van der Waals surface area (Å²) in [6.07, 6.45) is 2.44. The van der Waals surface area contributed by atoms with Crippen LogP contribution in [0.2, 0.25) is 0 Å². The molecular formula is C30H36F3N7O4S. The highest BCUT2D eigenvalue weighted by atomic mass is 32.2. The molecular weight excluding hydrogens is 611 g/mol. The Morgan fingerprint density at radius 3 is 2.67 bits per heavy atom. The van der Waals surface area contributed by atoms with Crippen LogP contribution in [0.15, 0.2) is 47.8 Å². The summed E-state index contributed by atoms with van der Waals surface area (Å²) in [6.45, 7) is 5.29. The van der Waals surface area contributed by atoms with Gasteiger partial charge in [0.1, 0.15) is 11.6 Å². The van der Waals surface area contributed by atoms with Gasteiger partial charge in [-0.25, -0.2) is 19.4 Å². The number of ether oxygens (including phenoxy) is 1. The van der Waals surface area contributed by atoms with Crippen molar-refractivity contribution in [3.63, 3.8) is 0 Å². The fourth-order valence-corrected chi connectivity index (χ4v) is 7.20. The van der Waals surface area contributed by atoms with E-state index in [-0.39, 0.29) is 47.7 Å². The van der Waals surface area contributed by atoms with E-state index in [9.17, 15) is 26.4 Å². The molecule has 0 radical (unpaired) electrons. The predicted molar refractivity (Wildman–Crippen MR) is 160 cm³/mol. The lowest BCUT2D eigenvalue weighted by atomic mass is 9.93. The molecule has 2 aliphatic heterocycles. The van der Waals surface area contributed by atoms with Crippen LogP contribution in [0.4, 0.5) is 24.8 Å². The van der Waals surface area contributed by atoms with Crippen LogP contribution in [0, 0.1) is 11.3 Å². The van der Waals surface area contributed by atoms with Crippen LogP contribution in [-0.2, 0) is 10.0 Å². The van der Waals surface area contributed by atoms with Gasteiger partial charge in [0.25, 0.3) is 15.9 Å². The second-order valence-corrected chi connectivity index (χ2v) is 14.4. The van der Waals surface area contributed by atoms with Crippen molar-refractivity contribution in [3.8, 4) is 11.6 Å². The third-order valence-corrected chi connectivity index (χ3v) is 10.2. The SMILES string of the molecule is CC1(C)C[C@H]2CCCCNc3cccc(n3)S(=O)(=O)NC(=O)c3ccc(-n4cc(OCCC5(C(F)(F)F)CC5)cn4)nc3N1C2. The van der Waals surface area contributed by atoms with E-state index in [1.165, 1.54) is 35.3 Å². The summed E-state index contributed by atoms with van der Waals surface area (Å²) in [5.41, 5.74) is -1.97. The fourth-order valence-electron chi connectivity index (χ4n) is 6.27. The van der Waals surface area contributed by atoms with Crippen LogP contribution in [0.3, 0.4) is 0 Å². The molecule has 0 unspecified atom stereocenters. The third kappa shape index (κ3) is 6.44. The van der Waals surface area contributed by atoms with Crippen LogP contribution >= 0.6 is 0 Å². The summed E-state index contributed by atoms with van der Waals surface area (Å²) < 4.78 is 75.5. The van der Waals surface area contributed by atoms with Gasteiger partial charge in [-0.1, -0.05) is 12.5 Å². The van der Waals surface area contributed by atoms with E-state index < -0.39 is 27.5 Å². The van der Waals surface area contributed by atoms with Crippen LogP contribution in [0.25, 0.3) is 5.82 Å². The number of anilines is 2. The molecule has 2 fully saturated rings. The van der Waals surface area contributed by atoms with Crippen LogP contribution in [0.5, 0.6) is 5.75 Å². The average molecular weight is 648 g/mol. The lowest BCUT2D eigenvalue weighted by Crippen LogP contribution is -2.41. The van der Waals surface area contributed by atoms with Crippen molar-refractivity contribution in [3.05, 3.63) is 48.3 Å². The van der Waals surface area contributed by atoms with Gasteiger partial charge in [0, 0.05) is 18.6 Å². The number of alkyl halides is 3. The number of fused-ring (bicyclic) bond motifs is 6. The van der Waals surface area contributed by atoms with Gasteiger partial charge >= 0.3 is 6.18 Å². The van der Waals surface area contributed by atoms with Gasteiger partial charge in [-0.3, -0.25) is 4.79 Å². The number of nitrogens with zero attached hydrogens (tertiary/aromatic N) is 5. The normalized spacial score (nSPS) is 22.2. The van der Waals surface area contributed by atoms with E-state index in [1.807, 2.05) is 4.90 Å². The summed E-state index contributed by atoms with van der Waals surface area (Å²) >= 11 is 0.